The quantitative estimate of drug-likeness (QED) is 0.801. The van der Waals surface area contributed by atoms with Crippen molar-refractivity contribution in [3.8, 4) is 0 Å². The monoisotopic (exact) mass is 241 g/mol. The van der Waals surface area contributed by atoms with Crippen molar-refractivity contribution in [1.29, 1.82) is 0 Å². The van der Waals surface area contributed by atoms with E-state index in [1.807, 2.05) is 0 Å². The fourth-order valence-electron chi connectivity index (χ4n) is 1.83. The van der Waals surface area contributed by atoms with Crippen molar-refractivity contribution in [3.05, 3.63) is 5.51 Å². The number of rotatable bonds is 2. The topological polar surface area (TPSA) is 70.2 Å². The van der Waals surface area contributed by atoms with Crippen LogP contribution in [0.15, 0.2) is 5.51 Å². The highest BCUT2D eigenvalue weighted by Crippen LogP contribution is 2.10. The van der Waals surface area contributed by atoms with Crippen molar-refractivity contribution in [2.24, 2.45) is 0 Å². The Morgan fingerprint density at radius 1 is 1.69 bits per heavy atom. The molecule has 6 nitrogen and oxygen atoms in total. The number of urea groups is 1. The van der Waals surface area contributed by atoms with Gasteiger partial charge in [0.2, 0.25) is 5.13 Å². The van der Waals surface area contributed by atoms with Gasteiger partial charge >= 0.3 is 6.03 Å². The summed E-state index contributed by atoms with van der Waals surface area (Å²) in [4.78, 5) is 13.8. The lowest BCUT2D eigenvalue weighted by atomic mass is 10.1. The second-order valence-electron chi connectivity index (χ2n) is 3.94. The van der Waals surface area contributed by atoms with Crippen LogP contribution in [0.5, 0.6) is 0 Å². The number of hydrogen-bond donors (Lipinski definition) is 2. The van der Waals surface area contributed by atoms with E-state index in [0.717, 1.165) is 25.9 Å². The molecule has 1 aliphatic rings. The van der Waals surface area contributed by atoms with Gasteiger partial charge < -0.3 is 10.2 Å². The molecule has 1 aliphatic heterocycles. The Balaban J connectivity index is 1.78. The summed E-state index contributed by atoms with van der Waals surface area (Å²) in [6.07, 6.45) is 2.16. The number of carbonyl (C=O) groups is 1. The van der Waals surface area contributed by atoms with Crippen molar-refractivity contribution in [2.75, 3.05) is 25.5 Å². The van der Waals surface area contributed by atoms with Gasteiger partial charge in [0.1, 0.15) is 5.51 Å². The van der Waals surface area contributed by atoms with Crippen LogP contribution in [0.25, 0.3) is 0 Å². The third kappa shape index (κ3) is 3.14. The molecule has 0 unspecified atom stereocenters. The maximum atomic E-state index is 11.6. The Kier molecular flexibility index (Phi) is 3.68. The van der Waals surface area contributed by atoms with Gasteiger partial charge in [-0.25, -0.2) is 4.79 Å². The lowest BCUT2D eigenvalue weighted by Gasteiger charge is -2.29. The van der Waals surface area contributed by atoms with E-state index in [1.54, 1.807) is 5.51 Å². The molecule has 0 aliphatic carbocycles. The molecule has 0 radical (unpaired) electrons. The van der Waals surface area contributed by atoms with Crippen LogP contribution in [0.1, 0.15) is 12.8 Å². The standard InChI is InChI=1S/C9H15N5OS/c1-14-4-2-3-7(5-14)11-8(15)12-9-13-10-6-16-9/h6-7H,2-5H2,1H3,(H2,11,12,13,15)/t7-/m1/s1. The number of aromatic nitrogens is 2. The molecule has 0 spiro atoms. The van der Waals surface area contributed by atoms with E-state index in [2.05, 4.69) is 32.8 Å². The molecule has 1 saturated heterocycles. The third-order valence-electron chi connectivity index (χ3n) is 2.54. The van der Waals surface area contributed by atoms with E-state index in [4.69, 9.17) is 0 Å². The van der Waals surface area contributed by atoms with E-state index in [1.165, 1.54) is 11.3 Å². The van der Waals surface area contributed by atoms with Crippen LogP contribution in [0.4, 0.5) is 9.93 Å². The molecular weight excluding hydrogens is 226 g/mol. The fourth-order valence-corrected chi connectivity index (χ4v) is 2.27. The van der Waals surface area contributed by atoms with Crippen molar-refractivity contribution in [2.45, 2.75) is 18.9 Å². The number of piperidine rings is 1. The van der Waals surface area contributed by atoms with Gasteiger partial charge in [-0.1, -0.05) is 11.3 Å². The van der Waals surface area contributed by atoms with Gasteiger partial charge in [-0.3, -0.25) is 5.32 Å². The highest BCUT2D eigenvalue weighted by Gasteiger charge is 2.19. The van der Waals surface area contributed by atoms with Crippen molar-refractivity contribution in [1.82, 2.24) is 20.4 Å². The summed E-state index contributed by atoms with van der Waals surface area (Å²) < 4.78 is 0. The molecule has 1 fully saturated rings. The first kappa shape index (κ1) is 11.3. The number of carbonyl (C=O) groups excluding carboxylic acids is 1. The highest BCUT2D eigenvalue weighted by molar-refractivity contribution is 7.13. The number of likely N-dealkylation sites (tertiary alicyclic amines) is 1. The van der Waals surface area contributed by atoms with Gasteiger partial charge in [-0.05, 0) is 26.4 Å². The lowest BCUT2D eigenvalue weighted by Crippen LogP contribution is -2.47. The zero-order valence-electron chi connectivity index (χ0n) is 9.14. The van der Waals surface area contributed by atoms with Crippen LogP contribution in [0.3, 0.4) is 0 Å². The first-order chi connectivity index (χ1) is 7.74. The number of anilines is 1. The maximum Gasteiger partial charge on any atom is 0.321 e. The van der Waals surface area contributed by atoms with Gasteiger partial charge in [-0.2, -0.15) is 0 Å². The largest absolute Gasteiger partial charge is 0.334 e. The number of likely N-dealkylation sites (N-methyl/N-ethyl adjacent to an activating group) is 1. The third-order valence-corrected chi connectivity index (χ3v) is 3.15. The molecule has 1 atom stereocenters. The Morgan fingerprint density at radius 3 is 3.25 bits per heavy atom. The molecule has 2 N–H and O–H groups in total. The van der Waals surface area contributed by atoms with E-state index in [-0.39, 0.29) is 12.1 Å². The molecule has 0 bridgehead atoms. The summed E-state index contributed by atoms with van der Waals surface area (Å²) in [5, 5.41) is 13.5. The normalized spacial score (nSPS) is 21.7. The van der Waals surface area contributed by atoms with Gasteiger partial charge in [0.15, 0.2) is 0 Å². The highest BCUT2D eigenvalue weighted by atomic mass is 32.1. The van der Waals surface area contributed by atoms with Crippen molar-refractivity contribution in [3.63, 3.8) is 0 Å². The zero-order chi connectivity index (χ0) is 11.4. The Bertz CT molecular complexity index is 342. The van der Waals surface area contributed by atoms with Gasteiger partial charge in [0, 0.05) is 12.6 Å². The van der Waals surface area contributed by atoms with Crippen LogP contribution < -0.4 is 10.6 Å². The molecule has 2 amide bonds. The minimum absolute atomic E-state index is 0.197. The summed E-state index contributed by atoms with van der Waals surface area (Å²) >= 11 is 1.31. The molecule has 88 valence electrons. The molecular formula is C9H15N5OS. The summed E-state index contributed by atoms with van der Waals surface area (Å²) in [5.41, 5.74) is 1.59. The minimum atomic E-state index is -0.197. The molecule has 7 heteroatoms. The molecule has 1 aromatic rings. The average molecular weight is 241 g/mol. The molecule has 2 heterocycles. The first-order valence-electron chi connectivity index (χ1n) is 5.26. The maximum absolute atomic E-state index is 11.6. The molecule has 0 aromatic carbocycles. The first-order valence-corrected chi connectivity index (χ1v) is 6.14. The van der Waals surface area contributed by atoms with E-state index < -0.39 is 0 Å². The average Bonchev–Trinajstić information content (AvgIpc) is 2.70. The number of nitrogens with one attached hydrogen (secondary N) is 2. The van der Waals surface area contributed by atoms with Crippen LogP contribution >= 0.6 is 11.3 Å². The van der Waals surface area contributed by atoms with Crippen molar-refractivity contribution < 1.29 is 4.79 Å². The number of nitrogens with zero attached hydrogens (tertiary/aromatic N) is 3. The summed E-state index contributed by atoms with van der Waals surface area (Å²) in [6, 6.07) is 0.0312. The molecule has 1 aromatic heterocycles. The SMILES string of the molecule is CN1CCC[C@@H](NC(=O)Nc2nncs2)C1. The van der Waals surface area contributed by atoms with Crippen LogP contribution in [-0.2, 0) is 0 Å². The zero-order valence-corrected chi connectivity index (χ0v) is 9.96. The van der Waals surface area contributed by atoms with Gasteiger partial charge in [0.05, 0.1) is 0 Å². The van der Waals surface area contributed by atoms with Crippen LogP contribution in [0, 0.1) is 0 Å². The lowest BCUT2D eigenvalue weighted by molar-refractivity contribution is 0.216. The predicted molar refractivity (Wildman–Crippen MR) is 62.6 cm³/mol. The predicted octanol–water partition coefficient (Wildman–Crippen LogP) is 0.754. The van der Waals surface area contributed by atoms with E-state index in [0.29, 0.717) is 5.13 Å². The summed E-state index contributed by atoms with van der Waals surface area (Å²) in [6.45, 7) is 2.01. The van der Waals surface area contributed by atoms with Crippen molar-refractivity contribution >= 4 is 22.5 Å². The van der Waals surface area contributed by atoms with Crippen LogP contribution in [0.2, 0.25) is 0 Å². The Morgan fingerprint density at radius 2 is 2.56 bits per heavy atom. The summed E-state index contributed by atoms with van der Waals surface area (Å²) in [5.74, 6) is 0. The second-order valence-corrected chi connectivity index (χ2v) is 4.78. The molecule has 16 heavy (non-hydrogen) atoms. The number of amides is 2. The van der Waals surface area contributed by atoms with E-state index in [9.17, 15) is 4.79 Å². The van der Waals surface area contributed by atoms with Gasteiger partial charge in [-0.15, -0.1) is 10.2 Å². The minimum Gasteiger partial charge on any atom is -0.334 e. The fraction of sp³-hybridized carbons (Fsp3) is 0.667. The molecule has 2 rings (SSSR count). The second kappa shape index (κ2) is 5.22. The Labute approximate surface area is 98.0 Å². The van der Waals surface area contributed by atoms with Gasteiger partial charge in [0.25, 0.3) is 0 Å². The molecule has 0 saturated carbocycles. The number of hydrogen-bond acceptors (Lipinski definition) is 5. The smallest absolute Gasteiger partial charge is 0.321 e. The van der Waals surface area contributed by atoms with Crippen LogP contribution in [-0.4, -0.2) is 47.3 Å². The summed E-state index contributed by atoms with van der Waals surface area (Å²) in [7, 11) is 2.07. The Hall–Kier alpha value is -1.21. The van der Waals surface area contributed by atoms with E-state index >= 15 is 0 Å².